The number of nitrogens with zero attached hydrogens (tertiary/aromatic N) is 2. The molecule has 3 nitrogen and oxygen atoms in total. The maximum Gasteiger partial charge on any atom is 0.0753 e. The maximum atomic E-state index is 4.34. The minimum absolute atomic E-state index is 0.332. The van der Waals surface area contributed by atoms with E-state index in [0.29, 0.717) is 5.54 Å². The van der Waals surface area contributed by atoms with Gasteiger partial charge in [-0.2, -0.15) is 5.10 Å². The van der Waals surface area contributed by atoms with Crippen molar-refractivity contribution in [2.24, 2.45) is 5.92 Å². The molecule has 0 amide bonds. The first-order valence-corrected chi connectivity index (χ1v) is 5.60. The molecule has 1 aromatic rings. The van der Waals surface area contributed by atoms with Crippen molar-refractivity contribution in [1.29, 1.82) is 0 Å². The van der Waals surface area contributed by atoms with E-state index in [9.17, 15) is 0 Å². The van der Waals surface area contributed by atoms with E-state index in [1.807, 2.05) is 12.3 Å². The Bertz CT molecular complexity index is 296. The molecule has 2 fully saturated rings. The van der Waals surface area contributed by atoms with E-state index < -0.39 is 0 Å². The van der Waals surface area contributed by atoms with Crippen molar-refractivity contribution in [2.75, 3.05) is 13.1 Å². The average Bonchev–Trinajstić information content (AvgIpc) is 3.11. The van der Waals surface area contributed by atoms with Crippen LogP contribution in [0.2, 0.25) is 0 Å². The van der Waals surface area contributed by atoms with Crippen LogP contribution >= 0.6 is 0 Å². The van der Waals surface area contributed by atoms with E-state index in [-0.39, 0.29) is 0 Å². The molecule has 0 bridgehead atoms. The van der Waals surface area contributed by atoms with Crippen LogP contribution in [-0.2, 0) is 5.54 Å². The van der Waals surface area contributed by atoms with Crippen LogP contribution in [0.15, 0.2) is 18.5 Å². The summed E-state index contributed by atoms with van der Waals surface area (Å²) in [5, 5.41) is 7.92. The predicted octanol–water partition coefficient (Wildman–Crippen LogP) is 1.37. The highest BCUT2D eigenvalue weighted by molar-refractivity contribution is 5.02. The van der Waals surface area contributed by atoms with Gasteiger partial charge < -0.3 is 5.32 Å². The van der Waals surface area contributed by atoms with Crippen LogP contribution in [0.1, 0.15) is 25.7 Å². The van der Waals surface area contributed by atoms with Gasteiger partial charge in [-0.25, -0.2) is 0 Å². The molecule has 1 aromatic heterocycles. The monoisotopic (exact) mass is 191 g/mol. The first-order chi connectivity index (χ1) is 6.89. The molecule has 2 saturated carbocycles. The quantitative estimate of drug-likeness (QED) is 0.762. The summed E-state index contributed by atoms with van der Waals surface area (Å²) < 4.78 is 2.13. The molecule has 0 aromatic carbocycles. The lowest BCUT2D eigenvalue weighted by Gasteiger charge is -2.16. The minimum atomic E-state index is 0.332. The lowest BCUT2D eigenvalue weighted by atomic mass is 10.2. The highest BCUT2D eigenvalue weighted by atomic mass is 15.3. The van der Waals surface area contributed by atoms with E-state index in [1.165, 1.54) is 32.2 Å². The lowest BCUT2D eigenvalue weighted by molar-refractivity contribution is 0.398. The summed E-state index contributed by atoms with van der Waals surface area (Å²) in [5.41, 5.74) is 0.332. The molecule has 1 N–H and O–H groups in total. The molecule has 2 aliphatic rings. The zero-order valence-corrected chi connectivity index (χ0v) is 8.45. The molecular weight excluding hydrogens is 174 g/mol. The van der Waals surface area contributed by atoms with Crippen molar-refractivity contribution in [3.8, 4) is 0 Å². The Morgan fingerprint density at radius 3 is 2.86 bits per heavy atom. The topological polar surface area (TPSA) is 29.9 Å². The highest BCUT2D eigenvalue weighted by Crippen LogP contribution is 2.42. The number of hydrogen-bond acceptors (Lipinski definition) is 2. The van der Waals surface area contributed by atoms with E-state index in [4.69, 9.17) is 0 Å². The van der Waals surface area contributed by atoms with Crippen molar-refractivity contribution in [3.05, 3.63) is 18.5 Å². The third-order valence-electron chi connectivity index (χ3n) is 3.40. The van der Waals surface area contributed by atoms with Gasteiger partial charge in [0.25, 0.3) is 0 Å². The van der Waals surface area contributed by atoms with Gasteiger partial charge in [0, 0.05) is 18.9 Å². The van der Waals surface area contributed by atoms with Gasteiger partial charge in [-0.15, -0.1) is 0 Å². The van der Waals surface area contributed by atoms with Gasteiger partial charge in [0.1, 0.15) is 0 Å². The fraction of sp³-hybridized carbons (Fsp3) is 0.727. The van der Waals surface area contributed by atoms with Gasteiger partial charge in [-0.3, -0.25) is 4.68 Å². The Kier molecular flexibility index (Phi) is 1.87. The van der Waals surface area contributed by atoms with Crippen LogP contribution in [-0.4, -0.2) is 22.9 Å². The van der Waals surface area contributed by atoms with Crippen molar-refractivity contribution in [2.45, 2.75) is 31.2 Å². The summed E-state index contributed by atoms with van der Waals surface area (Å²) in [6, 6.07) is 2.01. The molecule has 2 aliphatic carbocycles. The summed E-state index contributed by atoms with van der Waals surface area (Å²) in [7, 11) is 0. The highest BCUT2D eigenvalue weighted by Gasteiger charge is 2.44. The fourth-order valence-electron chi connectivity index (χ4n) is 2.01. The van der Waals surface area contributed by atoms with E-state index in [1.54, 1.807) is 0 Å². The molecule has 0 saturated heterocycles. The SMILES string of the molecule is c1cnn(C2(CNCC3CC3)CC2)c1. The largest absolute Gasteiger partial charge is 0.314 e. The van der Waals surface area contributed by atoms with Crippen LogP contribution in [0.4, 0.5) is 0 Å². The smallest absolute Gasteiger partial charge is 0.0753 e. The Labute approximate surface area is 84.5 Å². The molecule has 76 valence electrons. The molecule has 0 unspecified atom stereocenters. The normalized spacial score (nSPS) is 23.7. The van der Waals surface area contributed by atoms with Gasteiger partial charge in [0.2, 0.25) is 0 Å². The number of nitrogens with one attached hydrogen (secondary N) is 1. The van der Waals surface area contributed by atoms with Crippen LogP contribution in [0.3, 0.4) is 0 Å². The zero-order chi connectivity index (χ0) is 9.43. The van der Waals surface area contributed by atoms with Crippen LogP contribution in [0, 0.1) is 5.92 Å². The van der Waals surface area contributed by atoms with Gasteiger partial charge >= 0.3 is 0 Å². The number of aromatic nitrogens is 2. The van der Waals surface area contributed by atoms with Gasteiger partial charge in [-0.05, 0) is 44.2 Å². The predicted molar refractivity (Wildman–Crippen MR) is 55.0 cm³/mol. The van der Waals surface area contributed by atoms with Crippen LogP contribution in [0.5, 0.6) is 0 Å². The Morgan fingerprint density at radius 2 is 2.29 bits per heavy atom. The Balaban J connectivity index is 1.55. The maximum absolute atomic E-state index is 4.34. The molecule has 0 radical (unpaired) electrons. The molecular formula is C11H17N3. The molecule has 0 aliphatic heterocycles. The van der Waals surface area contributed by atoms with E-state index in [0.717, 1.165) is 12.5 Å². The van der Waals surface area contributed by atoms with Crippen LogP contribution < -0.4 is 5.32 Å². The summed E-state index contributed by atoms with van der Waals surface area (Å²) >= 11 is 0. The zero-order valence-electron chi connectivity index (χ0n) is 8.45. The lowest BCUT2D eigenvalue weighted by Crippen LogP contribution is -2.33. The summed E-state index contributed by atoms with van der Waals surface area (Å²) in [6.45, 7) is 2.31. The first kappa shape index (κ1) is 8.48. The second-order valence-electron chi connectivity index (χ2n) is 4.75. The third-order valence-corrected chi connectivity index (χ3v) is 3.40. The Morgan fingerprint density at radius 1 is 1.43 bits per heavy atom. The molecule has 0 spiro atoms. The van der Waals surface area contributed by atoms with E-state index >= 15 is 0 Å². The molecule has 0 atom stereocenters. The summed E-state index contributed by atoms with van der Waals surface area (Å²) in [4.78, 5) is 0. The van der Waals surface area contributed by atoms with Crippen molar-refractivity contribution in [3.63, 3.8) is 0 Å². The first-order valence-electron chi connectivity index (χ1n) is 5.60. The second-order valence-corrected chi connectivity index (χ2v) is 4.75. The molecule has 3 heteroatoms. The van der Waals surface area contributed by atoms with Crippen molar-refractivity contribution < 1.29 is 0 Å². The molecule has 14 heavy (non-hydrogen) atoms. The summed E-state index contributed by atoms with van der Waals surface area (Å²) in [6.07, 6.45) is 9.40. The second kappa shape index (κ2) is 3.09. The van der Waals surface area contributed by atoms with Gasteiger partial charge in [-0.1, -0.05) is 0 Å². The Hall–Kier alpha value is -0.830. The van der Waals surface area contributed by atoms with Crippen molar-refractivity contribution in [1.82, 2.24) is 15.1 Å². The average molecular weight is 191 g/mol. The van der Waals surface area contributed by atoms with Crippen molar-refractivity contribution >= 4 is 0 Å². The molecule has 3 rings (SSSR count). The number of hydrogen-bond donors (Lipinski definition) is 1. The van der Waals surface area contributed by atoms with E-state index in [2.05, 4.69) is 21.3 Å². The standard InChI is InChI=1S/C11H17N3/c1-6-13-14(7-1)11(4-5-11)9-12-8-10-2-3-10/h1,6-7,10,12H,2-5,8-9H2. The van der Waals surface area contributed by atoms with Crippen LogP contribution in [0.25, 0.3) is 0 Å². The minimum Gasteiger partial charge on any atom is -0.314 e. The van der Waals surface area contributed by atoms with Gasteiger partial charge in [0.05, 0.1) is 5.54 Å². The summed E-state index contributed by atoms with van der Waals surface area (Å²) in [5.74, 6) is 0.975. The number of rotatable bonds is 5. The van der Waals surface area contributed by atoms with Gasteiger partial charge in [0.15, 0.2) is 0 Å². The molecule has 1 heterocycles. The third kappa shape index (κ3) is 1.57. The fourth-order valence-corrected chi connectivity index (χ4v) is 2.01.